The lowest BCUT2D eigenvalue weighted by Gasteiger charge is -2.31. The van der Waals surface area contributed by atoms with E-state index in [1.807, 2.05) is 6.08 Å². The molecule has 0 aromatic heterocycles. The van der Waals surface area contributed by atoms with Crippen LogP contribution in [0.2, 0.25) is 0 Å². The molecular weight excluding hydrogens is 158 g/mol. The molecule has 1 heteroatoms. The largest absolute Gasteiger partial charge is 0.358 e. The van der Waals surface area contributed by atoms with Crippen molar-refractivity contribution in [3.8, 4) is 12.3 Å². The first kappa shape index (κ1) is 8.44. The van der Waals surface area contributed by atoms with Crippen LogP contribution < -0.4 is 0 Å². The van der Waals surface area contributed by atoms with Gasteiger partial charge in [-0.05, 0) is 18.9 Å². The standard InChI is InChI=1S/C12H15N/c1-2-11-7-5-6-10-13(11)12-8-3-4-9-12/h1,5-7,12H,3-4,8-10H2. The second-order valence-corrected chi connectivity index (χ2v) is 3.72. The molecule has 1 aliphatic heterocycles. The SMILES string of the molecule is C#CC1=CC=CCN1C1CCCC1. The molecule has 1 heterocycles. The van der Waals surface area contributed by atoms with Crippen LogP contribution in [0.25, 0.3) is 0 Å². The second kappa shape index (κ2) is 3.70. The third kappa shape index (κ3) is 1.62. The van der Waals surface area contributed by atoms with Crippen LogP contribution in [0.1, 0.15) is 25.7 Å². The summed E-state index contributed by atoms with van der Waals surface area (Å²) in [6.45, 7) is 1.00. The van der Waals surface area contributed by atoms with Crippen LogP contribution in [0.3, 0.4) is 0 Å². The van der Waals surface area contributed by atoms with Crippen molar-refractivity contribution in [3.05, 3.63) is 23.9 Å². The molecule has 0 aromatic rings. The second-order valence-electron chi connectivity index (χ2n) is 3.72. The number of terminal acetylenes is 1. The Kier molecular flexibility index (Phi) is 2.40. The highest BCUT2D eigenvalue weighted by Gasteiger charge is 2.23. The molecule has 1 saturated carbocycles. The van der Waals surface area contributed by atoms with Crippen LogP contribution in [0.15, 0.2) is 23.9 Å². The van der Waals surface area contributed by atoms with Crippen molar-refractivity contribution in [3.63, 3.8) is 0 Å². The highest BCUT2D eigenvalue weighted by Crippen LogP contribution is 2.27. The molecule has 0 amide bonds. The van der Waals surface area contributed by atoms with Gasteiger partial charge < -0.3 is 4.90 Å². The predicted octanol–water partition coefficient (Wildman–Crippen LogP) is 2.32. The minimum absolute atomic E-state index is 0.701. The summed E-state index contributed by atoms with van der Waals surface area (Å²) in [5.41, 5.74) is 1.06. The van der Waals surface area contributed by atoms with Crippen LogP contribution in [-0.2, 0) is 0 Å². The Balaban J connectivity index is 2.10. The molecule has 0 unspecified atom stereocenters. The Bertz CT molecular complexity index is 274. The van der Waals surface area contributed by atoms with Gasteiger partial charge in [0.05, 0.1) is 5.70 Å². The van der Waals surface area contributed by atoms with Crippen molar-refractivity contribution in [2.45, 2.75) is 31.7 Å². The number of rotatable bonds is 1. The molecular formula is C12H15N. The molecule has 0 saturated heterocycles. The Morgan fingerprint density at radius 1 is 1.38 bits per heavy atom. The molecule has 1 nitrogen and oxygen atoms in total. The monoisotopic (exact) mass is 173 g/mol. The fourth-order valence-electron chi connectivity index (χ4n) is 2.22. The van der Waals surface area contributed by atoms with Gasteiger partial charge in [0.1, 0.15) is 0 Å². The number of hydrogen-bond donors (Lipinski definition) is 0. The molecule has 1 aliphatic carbocycles. The maximum Gasteiger partial charge on any atom is 0.0881 e. The predicted molar refractivity (Wildman–Crippen MR) is 55.0 cm³/mol. The van der Waals surface area contributed by atoms with E-state index in [0.717, 1.165) is 12.2 Å². The maximum absolute atomic E-state index is 5.47. The lowest BCUT2D eigenvalue weighted by molar-refractivity contribution is 0.288. The first-order valence-electron chi connectivity index (χ1n) is 5.02. The van der Waals surface area contributed by atoms with E-state index in [0.29, 0.717) is 6.04 Å². The van der Waals surface area contributed by atoms with Crippen molar-refractivity contribution < 1.29 is 0 Å². The summed E-state index contributed by atoms with van der Waals surface area (Å²) in [5.74, 6) is 2.77. The first-order chi connectivity index (χ1) is 6.42. The van der Waals surface area contributed by atoms with Crippen LogP contribution in [0.5, 0.6) is 0 Å². The van der Waals surface area contributed by atoms with E-state index in [2.05, 4.69) is 23.0 Å². The summed E-state index contributed by atoms with van der Waals surface area (Å²) in [6.07, 6.45) is 17.1. The third-order valence-corrected chi connectivity index (χ3v) is 2.92. The number of hydrogen-bond acceptors (Lipinski definition) is 1. The van der Waals surface area contributed by atoms with E-state index in [1.165, 1.54) is 25.7 Å². The van der Waals surface area contributed by atoms with E-state index >= 15 is 0 Å². The molecule has 68 valence electrons. The average Bonchev–Trinajstić information content (AvgIpc) is 2.70. The smallest absolute Gasteiger partial charge is 0.0881 e. The van der Waals surface area contributed by atoms with E-state index in [-0.39, 0.29) is 0 Å². The zero-order valence-corrected chi connectivity index (χ0v) is 7.87. The minimum atomic E-state index is 0.701. The molecule has 0 bridgehead atoms. The van der Waals surface area contributed by atoms with Crippen molar-refractivity contribution >= 4 is 0 Å². The van der Waals surface area contributed by atoms with Gasteiger partial charge in [0.25, 0.3) is 0 Å². The zero-order valence-electron chi connectivity index (χ0n) is 7.87. The summed E-state index contributed by atoms with van der Waals surface area (Å²) in [5, 5.41) is 0. The van der Waals surface area contributed by atoms with Crippen molar-refractivity contribution in [2.24, 2.45) is 0 Å². The number of nitrogens with zero attached hydrogens (tertiary/aromatic N) is 1. The van der Waals surface area contributed by atoms with Gasteiger partial charge in [0, 0.05) is 12.6 Å². The highest BCUT2D eigenvalue weighted by atomic mass is 15.2. The molecule has 0 N–H and O–H groups in total. The van der Waals surface area contributed by atoms with Gasteiger partial charge in [-0.3, -0.25) is 0 Å². The molecule has 0 atom stereocenters. The quantitative estimate of drug-likeness (QED) is 0.550. The maximum atomic E-state index is 5.47. The minimum Gasteiger partial charge on any atom is -0.358 e. The van der Waals surface area contributed by atoms with Gasteiger partial charge >= 0.3 is 0 Å². The van der Waals surface area contributed by atoms with Crippen molar-refractivity contribution in [1.82, 2.24) is 4.90 Å². The Hall–Kier alpha value is -1.16. The summed E-state index contributed by atoms with van der Waals surface area (Å²) < 4.78 is 0. The fraction of sp³-hybridized carbons (Fsp3) is 0.500. The molecule has 0 aromatic carbocycles. The Morgan fingerprint density at radius 3 is 2.85 bits per heavy atom. The Morgan fingerprint density at radius 2 is 2.15 bits per heavy atom. The van der Waals surface area contributed by atoms with Crippen molar-refractivity contribution in [2.75, 3.05) is 6.54 Å². The van der Waals surface area contributed by atoms with Gasteiger partial charge in [0.2, 0.25) is 0 Å². The summed E-state index contributed by atoms with van der Waals surface area (Å²) >= 11 is 0. The lowest BCUT2D eigenvalue weighted by Crippen LogP contribution is -2.33. The van der Waals surface area contributed by atoms with E-state index in [4.69, 9.17) is 6.42 Å². The summed E-state index contributed by atoms with van der Waals surface area (Å²) in [7, 11) is 0. The topological polar surface area (TPSA) is 3.24 Å². The molecule has 1 fully saturated rings. The van der Waals surface area contributed by atoms with E-state index in [1.54, 1.807) is 0 Å². The van der Waals surface area contributed by atoms with Crippen LogP contribution in [0, 0.1) is 12.3 Å². The van der Waals surface area contributed by atoms with Gasteiger partial charge in [-0.25, -0.2) is 0 Å². The van der Waals surface area contributed by atoms with Crippen LogP contribution in [0.4, 0.5) is 0 Å². The molecule has 13 heavy (non-hydrogen) atoms. The van der Waals surface area contributed by atoms with Crippen LogP contribution >= 0.6 is 0 Å². The normalized spacial score (nSPS) is 23.0. The molecule has 0 spiro atoms. The van der Waals surface area contributed by atoms with E-state index in [9.17, 15) is 0 Å². The molecule has 0 radical (unpaired) electrons. The molecule has 2 rings (SSSR count). The average molecular weight is 173 g/mol. The molecule has 2 aliphatic rings. The van der Waals surface area contributed by atoms with Crippen molar-refractivity contribution in [1.29, 1.82) is 0 Å². The van der Waals surface area contributed by atoms with Gasteiger partial charge in [0.15, 0.2) is 0 Å². The number of allylic oxidation sites excluding steroid dienone is 3. The van der Waals surface area contributed by atoms with Gasteiger partial charge in [-0.15, -0.1) is 6.42 Å². The fourth-order valence-corrected chi connectivity index (χ4v) is 2.22. The first-order valence-corrected chi connectivity index (χ1v) is 5.02. The highest BCUT2D eigenvalue weighted by molar-refractivity contribution is 5.32. The summed E-state index contributed by atoms with van der Waals surface area (Å²) in [4.78, 5) is 2.37. The van der Waals surface area contributed by atoms with Crippen LogP contribution in [-0.4, -0.2) is 17.5 Å². The van der Waals surface area contributed by atoms with Gasteiger partial charge in [-0.1, -0.05) is 30.9 Å². The lowest BCUT2D eigenvalue weighted by atomic mass is 10.1. The summed E-state index contributed by atoms with van der Waals surface area (Å²) in [6, 6.07) is 0.701. The van der Waals surface area contributed by atoms with Gasteiger partial charge in [-0.2, -0.15) is 0 Å². The van der Waals surface area contributed by atoms with E-state index < -0.39 is 0 Å². The zero-order chi connectivity index (χ0) is 9.10. The third-order valence-electron chi connectivity index (χ3n) is 2.92. The Labute approximate surface area is 80.1 Å².